The molecule has 0 spiro atoms. The predicted octanol–water partition coefficient (Wildman–Crippen LogP) is 3.47. The second kappa shape index (κ2) is 6.27. The van der Waals surface area contributed by atoms with E-state index in [4.69, 9.17) is 4.74 Å². The molecule has 3 heteroatoms. The fourth-order valence-electron chi connectivity index (χ4n) is 3.31. The van der Waals surface area contributed by atoms with Crippen molar-refractivity contribution in [2.75, 3.05) is 13.7 Å². The highest BCUT2D eigenvalue weighted by Gasteiger charge is 2.30. The maximum atomic E-state index is 5.52. The van der Waals surface area contributed by atoms with Gasteiger partial charge >= 0.3 is 0 Å². The van der Waals surface area contributed by atoms with Crippen LogP contribution in [0.15, 0.2) is 42.6 Å². The van der Waals surface area contributed by atoms with Crippen LogP contribution in [0, 0.1) is 0 Å². The first-order valence-corrected chi connectivity index (χ1v) is 7.67. The quantitative estimate of drug-likeness (QED) is 0.911. The molecule has 2 unspecified atom stereocenters. The lowest BCUT2D eigenvalue weighted by molar-refractivity contribution is 0.340. The van der Waals surface area contributed by atoms with E-state index in [-0.39, 0.29) is 0 Å². The van der Waals surface area contributed by atoms with Crippen LogP contribution in [-0.4, -0.2) is 18.6 Å². The molecule has 1 aromatic carbocycles. The molecule has 21 heavy (non-hydrogen) atoms. The Morgan fingerprint density at radius 3 is 2.81 bits per heavy atom. The molecular formula is C18H22N2O. The lowest BCUT2D eigenvalue weighted by atomic mass is 9.91. The highest BCUT2D eigenvalue weighted by Crippen LogP contribution is 2.40. The number of rotatable bonds is 5. The molecule has 0 saturated carbocycles. The summed E-state index contributed by atoms with van der Waals surface area (Å²) in [6.07, 6.45) is 4.19. The number of pyridine rings is 1. The van der Waals surface area contributed by atoms with Crippen LogP contribution < -0.4 is 10.1 Å². The van der Waals surface area contributed by atoms with Crippen LogP contribution in [0.4, 0.5) is 0 Å². The summed E-state index contributed by atoms with van der Waals surface area (Å²) in [6.45, 7) is 2.71. The summed E-state index contributed by atoms with van der Waals surface area (Å²) in [7, 11) is 2.03. The standard InChI is InChI=1S/C18H22N2O/c1-3-21-15-9-6-14(7-10-15)17(19-2)16-11-8-13-5-4-12-20-18(13)16/h4-7,9-10,12,16-17,19H,3,8,11H2,1-2H3. The average Bonchev–Trinajstić information content (AvgIpc) is 2.94. The zero-order chi connectivity index (χ0) is 14.7. The van der Waals surface area contributed by atoms with Crippen LogP contribution in [-0.2, 0) is 6.42 Å². The third kappa shape index (κ3) is 2.79. The number of aromatic nitrogens is 1. The van der Waals surface area contributed by atoms with Crippen molar-refractivity contribution in [3.8, 4) is 5.75 Å². The van der Waals surface area contributed by atoms with Crippen molar-refractivity contribution in [2.45, 2.75) is 31.7 Å². The van der Waals surface area contributed by atoms with Gasteiger partial charge in [-0.25, -0.2) is 0 Å². The first kappa shape index (κ1) is 14.1. The van der Waals surface area contributed by atoms with Crippen LogP contribution in [0.1, 0.15) is 42.1 Å². The van der Waals surface area contributed by atoms with Gasteiger partial charge in [-0.1, -0.05) is 18.2 Å². The van der Waals surface area contributed by atoms with E-state index in [2.05, 4.69) is 40.6 Å². The molecule has 0 radical (unpaired) electrons. The van der Waals surface area contributed by atoms with E-state index in [9.17, 15) is 0 Å². The molecule has 1 N–H and O–H groups in total. The molecule has 0 aliphatic heterocycles. The van der Waals surface area contributed by atoms with E-state index in [0.717, 1.165) is 18.6 Å². The van der Waals surface area contributed by atoms with Crippen molar-refractivity contribution in [2.24, 2.45) is 0 Å². The Bertz CT molecular complexity index is 594. The van der Waals surface area contributed by atoms with Crippen molar-refractivity contribution < 1.29 is 4.74 Å². The normalized spacial score (nSPS) is 18.3. The number of fused-ring (bicyclic) bond motifs is 1. The number of likely N-dealkylation sites (N-methyl/N-ethyl adjacent to an activating group) is 1. The topological polar surface area (TPSA) is 34.1 Å². The summed E-state index contributed by atoms with van der Waals surface area (Å²) in [5, 5.41) is 3.47. The number of nitrogens with one attached hydrogen (secondary N) is 1. The van der Waals surface area contributed by atoms with Gasteiger partial charge in [0.2, 0.25) is 0 Å². The molecule has 0 fully saturated rings. The van der Waals surface area contributed by atoms with E-state index in [1.165, 1.54) is 16.8 Å². The number of ether oxygens (including phenoxy) is 1. The molecule has 0 saturated heterocycles. The summed E-state index contributed by atoms with van der Waals surface area (Å²) in [4.78, 5) is 4.62. The van der Waals surface area contributed by atoms with Crippen LogP contribution in [0.3, 0.4) is 0 Å². The first-order chi connectivity index (χ1) is 10.3. The van der Waals surface area contributed by atoms with Gasteiger partial charge in [0.1, 0.15) is 5.75 Å². The number of nitrogens with zero attached hydrogens (tertiary/aromatic N) is 1. The van der Waals surface area contributed by atoms with Crippen LogP contribution in [0.25, 0.3) is 0 Å². The molecule has 1 aromatic heterocycles. The maximum Gasteiger partial charge on any atom is 0.119 e. The van der Waals surface area contributed by atoms with E-state index < -0.39 is 0 Å². The zero-order valence-corrected chi connectivity index (χ0v) is 12.7. The van der Waals surface area contributed by atoms with Crippen molar-refractivity contribution in [3.63, 3.8) is 0 Å². The Morgan fingerprint density at radius 2 is 2.10 bits per heavy atom. The minimum Gasteiger partial charge on any atom is -0.494 e. The minimum absolute atomic E-state index is 0.303. The van der Waals surface area contributed by atoms with Crippen molar-refractivity contribution in [1.29, 1.82) is 0 Å². The van der Waals surface area contributed by atoms with Crippen LogP contribution >= 0.6 is 0 Å². The largest absolute Gasteiger partial charge is 0.494 e. The summed E-state index contributed by atoms with van der Waals surface area (Å²) in [5.41, 5.74) is 3.95. The Hall–Kier alpha value is -1.87. The summed E-state index contributed by atoms with van der Waals surface area (Å²) in [6, 6.07) is 13.0. The molecule has 1 heterocycles. The molecule has 1 aliphatic carbocycles. The lowest BCUT2D eigenvalue weighted by Gasteiger charge is -2.24. The van der Waals surface area contributed by atoms with E-state index in [1.807, 2.05) is 26.2 Å². The van der Waals surface area contributed by atoms with Crippen molar-refractivity contribution >= 4 is 0 Å². The molecular weight excluding hydrogens is 260 g/mol. The van der Waals surface area contributed by atoms with Gasteiger partial charge in [0.25, 0.3) is 0 Å². The molecule has 0 bridgehead atoms. The number of hydrogen-bond acceptors (Lipinski definition) is 3. The highest BCUT2D eigenvalue weighted by molar-refractivity contribution is 5.35. The van der Waals surface area contributed by atoms with Gasteiger partial charge in [0.15, 0.2) is 0 Å². The van der Waals surface area contributed by atoms with E-state index >= 15 is 0 Å². The smallest absolute Gasteiger partial charge is 0.119 e. The maximum absolute atomic E-state index is 5.52. The Labute approximate surface area is 126 Å². The average molecular weight is 282 g/mol. The molecule has 1 aliphatic rings. The Morgan fingerprint density at radius 1 is 1.29 bits per heavy atom. The number of aryl methyl sites for hydroxylation is 1. The van der Waals surface area contributed by atoms with Gasteiger partial charge in [-0.05, 0) is 56.1 Å². The summed E-state index contributed by atoms with van der Waals surface area (Å²) in [5.74, 6) is 1.38. The third-order valence-electron chi connectivity index (χ3n) is 4.27. The SMILES string of the molecule is CCOc1ccc(C(NC)C2CCc3cccnc32)cc1. The van der Waals surface area contributed by atoms with Gasteiger partial charge in [0.05, 0.1) is 6.61 Å². The fraction of sp³-hybridized carbons (Fsp3) is 0.389. The molecule has 3 rings (SSSR count). The predicted molar refractivity (Wildman–Crippen MR) is 84.7 cm³/mol. The molecule has 3 nitrogen and oxygen atoms in total. The van der Waals surface area contributed by atoms with Crippen LogP contribution in [0.2, 0.25) is 0 Å². The van der Waals surface area contributed by atoms with Crippen molar-refractivity contribution in [3.05, 3.63) is 59.4 Å². The van der Waals surface area contributed by atoms with Crippen LogP contribution in [0.5, 0.6) is 5.75 Å². The van der Waals surface area contributed by atoms with Gasteiger partial charge in [-0.2, -0.15) is 0 Å². The van der Waals surface area contributed by atoms with E-state index in [0.29, 0.717) is 18.6 Å². The molecule has 2 atom stereocenters. The highest BCUT2D eigenvalue weighted by atomic mass is 16.5. The summed E-state index contributed by atoms with van der Waals surface area (Å²) >= 11 is 0. The van der Waals surface area contributed by atoms with Gasteiger partial charge in [0, 0.05) is 23.9 Å². The number of hydrogen-bond donors (Lipinski definition) is 1. The Balaban J connectivity index is 1.85. The second-order valence-electron chi connectivity index (χ2n) is 5.46. The molecule has 110 valence electrons. The minimum atomic E-state index is 0.303. The molecule has 2 aromatic rings. The van der Waals surface area contributed by atoms with Gasteiger partial charge in [-0.3, -0.25) is 4.98 Å². The first-order valence-electron chi connectivity index (χ1n) is 7.67. The monoisotopic (exact) mass is 282 g/mol. The van der Waals surface area contributed by atoms with E-state index in [1.54, 1.807) is 0 Å². The molecule has 0 amide bonds. The third-order valence-corrected chi connectivity index (χ3v) is 4.27. The number of benzene rings is 1. The lowest BCUT2D eigenvalue weighted by Crippen LogP contribution is -2.23. The zero-order valence-electron chi connectivity index (χ0n) is 12.7. The Kier molecular flexibility index (Phi) is 4.20. The van der Waals surface area contributed by atoms with Crippen molar-refractivity contribution in [1.82, 2.24) is 10.3 Å². The summed E-state index contributed by atoms with van der Waals surface area (Å²) < 4.78 is 5.52. The van der Waals surface area contributed by atoms with Gasteiger partial charge < -0.3 is 10.1 Å². The second-order valence-corrected chi connectivity index (χ2v) is 5.46. The fourth-order valence-corrected chi connectivity index (χ4v) is 3.31. The van der Waals surface area contributed by atoms with Gasteiger partial charge in [-0.15, -0.1) is 0 Å².